The number of hydrogen-bond acceptors (Lipinski definition) is 3. The first-order valence-corrected chi connectivity index (χ1v) is 6.65. The zero-order chi connectivity index (χ0) is 16.6. The predicted molar refractivity (Wildman–Crippen MR) is 71.5 cm³/mol. The van der Waals surface area contributed by atoms with Gasteiger partial charge in [0, 0.05) is 17.3 Å². The molecule has 3 rings (SSSR count). The summed E-state index contributed by atoms with van der Waals surface area (Å²) in [5.41, 5.74) is -1.73. The fourth-order valence-electron chi connectivity index (χ4n) is 2.43. The number of nitrogens with zero attached hydrogens (tertiary/aromatic N) is 1. The maximum absolute atomic E-state index is 13.6. The second kappa shape index (κ2) is 5.69. The zero-order valence-electron chi connectivity index (χ0n) is 11.7. The fourth-order valence-corrected chi connectivity index (χ4v) is 2.43. The molecule has 0 radical (unpaired) electrons. The molecule has 0 aliphatic carbocycles. The molecule has 23 heavy (non-hydrogen) atoms. The van der Waals surface area contributed by atoms with E-state index in [4.69, 9.17) is 9.47 Å². The Balaban J connectivity index is 2.04. The molecule has 0 N–H and O–H groups in total. The number of halogens is 4. The molecule has 2 aromatic rings. The van der Waals surface area contributed by atoms with Gasteiger partial charge >= 0.3 is 6.18 Å². The van der Waals surface area contributed by atoms with E-state index in [2.05, 4.69) is 0 Å². The number of pyridine rings is 1. The van der Waals surface area contributed by atoms with E-state index in [0.29, 0.717) is 17.4 Å². The first kappa shape index (κ1) is 15.5. The second-order valence-electron chi connectivity index (χ2n) is 5.02. The van der Waals surface area contributed by atoms with Crippen molar-refractivity contribution in [3.8, 4) is 5.75 Å². The average Bonchev–Trinajstić information content (AvgIpc) is 2.48. The van der Waals surface area contributed by atoms with Crippen molar-refractivity contribution >= 4 is 0 Å². The third-order valence-electron chi connectivity index (χ3n) is 3.42. The Morgan fingerprint density at radius 1 is 1.26 bits per heavy atom. The molecule has 0 unspecified atom stereocenters. The van der Waals surface area contributed by atoms with Gasteiger partial charge in [-0.15, -0.1) is 0 Å². The van der Waals surface area contributed by atoms with Gasteiger partial charge in [-0.2, -0.15) is 13.2 Å². The second-order valence-corrected chi connectivity index (χ2v) is 5.02. The summed E-state index contributed by atoms with van der Waals surface area (Å²) in [6, 6.07) is 4.20. The molecule has 1 aromatic carbocycles. The third kappa shape index (κ3) is 3.07. The van der Waals surface area contributed by atoms with E-state index in [1.807, 2.05) is 0 Å². The molecule has 1 aliphatic heterocycles. The Kier molecular flexibility index (Phi) is 3.85. The van der Waals surface area contributed by atoms with E-state index in [1.165, 1.54) is 12.3 Å². The Morgan fingerprint density at radius 2 is 2.04 bits per heavy atom. The summed E-state index contributed by atoms with van der Waals surface area (Å²) in [5, 5.41) is 0. The van der Waals surface area contributed by atoms with E-state index in [0.717, 1.165) is 16.7 Å². The van der Waals surface area contributed by atoms with Gasteiger partial charge < -0.3 is 14.0 Å². The highest BCUT2D eigenvalue weighted by Crippen LogP contribution is 2.30. The van der Waals surface area contributed by atoms with Crippen molar-refractivity contribution < 1.29 is 27.0 Å². The van der Waals surface area contributed by atoms with Crippen molar-refractivity contribution in [2.45, 2.75) is 19.3 Å². The van der Waals surface area contributed by atoms with Crippen LogP contribution in [-0.2, 0) is 24.1 Å². The lowest BCUT2D eigenvalue weighted by Crippen LogP contribution is -2.28. The lowest BCUT2D eigenvalue weighted by Gasteiger charge is -2.21. The number of fused-ring (bicyclic) bond motifs is 1. The van der Waals surface area contributed by atoms with Crippen LogP contribution in [0.1, 0.15) is 16.7 Å². The lowest BCUT2D eigenvalue weighted by atomic mass is 10.1. The van der Waals surface area contributed by atoms with E-state index < -0.39 is 23.1 Å². The highest BCUT2D eigenvalue weighted by Gasteiger charge is 2.34. The van der Waals surface area contributed by atoms with Crippen molar-refractivity contribution in [3.05, 3.63) is 63.3 Å². The van der Waals surface area contributed by atoms with Crippen molar-refractivity contribution in [2.24, 2.45) is 0 Å². The lowest BCUT2D eigenvalue weighted by molar-refractivity contribution is -0.138. The van der Waals surface area contributed by atoms with Crippen molar-refractivity contribution in [3.63, 3.8) is 0 Å². The largest absolute Gasteiger partial charge is 0.467 e. The molecule has 0 saturated heterocycles. The summed E-state index contributed by atoms with van der Waals surface area (Å²) in [5.74, 6) is -0.241. The van der Waals surface area contributed by atoms with Crippen molar-refractivity contribution in [1.82, 2.24) is 4.57 Å². The van der Waals surface area contributed by atoms with Crippen LogP contribution < -0.4 is 10.3 Å². The molecular formula is C15H11F4NO3. The maximum atomic E-state index is 13.6. The van der Waals surface area contributed by atoms with Crippen LogP contribution in [0.15, 0.2) is 35.3 Å². The van der Waals surface area contributed by atoms with Crippen LogP contribution in [0, 0.1) is 5.82 Å². The summed E-state index contributed by atoms with van der Waals surface area (Å²) in [6.45, 7) is -0.135. The SMILES string of the molecule is O=c1c(C(F)(F)F)cccn1Cc1cc(F)cc2c1OCOC2. The molecule has 0 spiro atoms. The molecule has 122 valence electrons. The van der Waals surface area contributed by atoms with E-state index in [9.17, 15) is 22.4 Å². The summed E-state index contributed by atoms with van der Waals surface area (Å²) in [6.07, 6.45) is -3.53. The Morgan fingerprint density at radius 3 is 2.78 bits per heavy atom. The molecule has 0 fully saturated rings. The molecular weight excluding hydrogens is 318 g/mol. The van der Waals surface area contributed by atoms with Gasteiger partial charge in [0.1, 0.15) is 17.1 Å². The van der Waals surface area contributed by atoms with E-state index in [-0.39, 0.29) is 25.5 Å². The van der Waals surface area contributed by atoms with Gasteiger partial charge in [-0.25, -0.2) is 4.39 Å². The van der Waals surface area contributed by atoms with E-state index in [1.54, 1.807) is 0 Å². The summed E-state index contributed by atoms with van der Waals surface area (Å²) in [7, 11) is 0. The topological polar surface area (TPSA) is 40.5 Å². The van der Waals surface area contributed by atoms with Gasteiger partial charge in [-0.05, 0) is 24.3 Å². The van der Waals surface area contributed by atoms with Crippen molar-refractivity contribution in [1.29, 1.82) is 0 Å². The first-order chi connectivity index (χ1) is 10.9. The zero-order valence-corrected chi connectivity index (χ0v) is 11.7. The van der Waals surface area contributed by atoms with Crippen LogP contribution in [0.25, 0.3) is 0 Å². The van der Waals surface area contributed by atoms with Gasteiger partial charge in [0.25, 0.3) is 5.56 Å². The summed E-state index contributed by atoms with van der Waals surface area (Å²) in [4.78, 5) is 12.0. The van der Waals surface area contributed by atoms with Gasteiger partial charge in [-0.1, -0.05) is 0 Å². The highest BCUT2D eigenvalue weighted by molar-refractivity contribution is 5.42. The summed E-state index contributed by atoms with van der Waals surface area (Å²) >= 11 is 0. The highest BCUT2D eigenvalue weighted by atomic mass is 19.4. The Hall–Kier alpha value is -2.35. The number of benzene rings is 1. The average molecular weight is 329 g/mol. The molecule has 0 amide bonds. The molecule has 4 nitrogen and oxygen atoms in total. The number of alkyl halides is 3. The maximum Gasteiger partial charge on any atom is 0.421 e. The van der Waals surface area contributed by atoms with Crippen LogP contribution in [0.5, 0.6) is 5.75 Å². The van der Waals surface area contributed by atoms with Gasteiger partial charge in [0.2, 0.25) is 0 Å². The third-order valence-corrected chi connectivity index (χ3v) is 3.42. The monoisotopic (exact) mass is 329 g/mol. The molecule has 0 saturated carbocycles. The Bertz CT molecular complexity index is 798. The molecule has 0 bridgehead atoms. The Labute approximate surface area is 127 Å². The summed E-state index contributed by atoms with van der Waals surface area (Å²) < 4.78 is 63.2. The van der Waals surface area contributed by atoms with Crippen LogP contribution in [0.2, 0.25) is 0 Å². The minimum absolute atomic E-state index is 0.0386. The van der Waals surface area contributed by atoms with Crippen molar-refractivity contribution in [2.75, 3.05) is 6.79 Å². The minimum atomic E-state index is -4.74. The first-order valence-electron chi connectivity index (χ1n) is 6.65. The molecule has 0 atom stereocenters. The van der Waals surface area contributed by atoms with Gasteiger partial charge in [-0.3, -0.25) is 4.79 Å². The van der Waals surface area contributed by atoms with Gasteiger partial charge in [0.05, 0.1) is 13.2 Å². The smallest absolute Gasteiger partial charge is 0.421 e. The molecule has 1 aliphatic rings. The van der Waals surface area contributed by atoms with Crippen LogP contribution in [0.4, 0.5) is 17.6 Å². The number of rotatable bonds is 2. The normalized spacial score (nSPS) is 14.3. The minimum Gasteiger partial charge on any atom is -0.467 e. The van der Waals surface area contributed by atoms with Crippen LogP contribution >= 0.6 is 0 Å². The quantitative estimate of drug-likeness (QED) is 0.796. The number of hydrogen-bond donors (Lipinski definition) is 0. The number of ether oxygens (including phenoxy) is 2. The predicted octanol–water partition coefficient (Wildman–Crippen LogP) is 2.92. The van der Waals surface area contributed by atoms with E-state index >= 15 is 0 Å². The number of aromatic nitrogens is 1. The van der Waals surface area contributed by atoms with Crippen LogP contribution in [0.3, 0.4) is 0 Å². The standard InChI is InChI=1S/C15H11F4NO3/c16-11-4-9(13-10(5-11)7-22-8-23-13)6-20-3-1-2-12(14(20)21)15(17,18)19/h1-5H,6-8H2. The molecule has 2 heterocycles. The fraction of sp³-hybridized carbons (Fsp3) is 0.267. The van der Waals surface area contributed by atoms with Gasteiger partial charge in [0.15, 0.2) is 6.79 Å². The van der Waals surface area contributed by atoms with Crippen LogP contribution in [-0.4, -0.2) is 11.4 Å². The molecule has 8 heteroatoms. The molecule has 1 aromatic heterocycles.